The van der Waals surface area contributed by atoms with E-state index in [1.165, 1.54) is 0 Å². The first-order valence-corrected chi connectivity index (χ1v) is 8.42. The summed E-state index contributed by atoms with van der Waals surface area (Å²) in [6.07, 6.45) is 3.13. The van der Waals surface area contributed by atoms with Crippen LogP contribution in [0.2, 0.25) is 0 Å². The van der Waals surface area contributed by atoms with E-state index >= 15 is 0 Å². The minimum absolute atomic E-state index is 0.0170. The standard InChI is InChI=1S/C18H26N2O3/c1-22-13-14-7-10-19(11-8-14)16-9-12-20(18(16)21)15-5-3-4-6-17(15)23-2/h3-6,14,16H,7-13H2,1-2H3. The number of rotatable bonds is 5. The number of amides is 1. The molecule has 0 bridgehead atoms. The first kappa shape index (κ1) is 16.3. The van der Waals surface area contributed by atoms with Gasteiger partial charge in [0, 0.05) is 20.3 Å². The third kappa shape index (κ3) is 3.35. The van der Waals surface area contributed by atoms with E-state index in [1.54, 1.807) is 14.2 Å². The molecule has 23 heavy (non-hydrogen) atoms. The number of methoxy groups -OCH3 is 2. The Bertz CT molecular complexity index is 541. The van der Waals surface area contributed by atoms with Crippen molar-refractivity contribution in [2.45, 2.75) is 25.3 Å². The van der Waals surface area contributed by atoms with Crippen molar-refractivity contribution in [1.82, 2.24) is 4.90 Å². The first-order valence-electron chi connectivity index (χ1n) is 8.42. The molecule has 2 aliphatic heterocycles. The quantitative estimate of drug-likeness (QED) is 0.834. The third-order valence-corrected chi connectivity index (χ3v) is 5.05. The Kier molecular flexibility index (Phi) is 5.18. The van der Waals surface area contributed by atoms with Crippen LogP contribution >= 0.6 is 0 Å². The topological polar surface area (TPSA) is 42.0 Å². The molecule has 0 saturated carbocycles. The predicted octanol–water partition coefficient (Wildman–Crippen LogP) is 2.16. The number of hydrogen-bond donors (Lipinski definition) is 0. The van der Waals surface area contributed by atoms with Crippen LogP contribution in [0.25, 0.3) is 0 Å². The average molecular weight is 318 g/mol. The zero-order valence-corrected chi connectivity index (χ0v) is 14.0. The van der Waals surface area contributed by atoms with Crippen LogP contribution in [0.4, 0.5) is 5.69 Å². The highest BCUT2D eigenvalue weighted by atomic mass is 16.5. The smallest absolute Gasteiger partial charge is 0.244 e. The van der Waals surface area contributed by atoms with Gasteiger partial charge in [-0.1, -0.05) is 12.1 Å². The van der Waals surface area contributed by atoms with E-state index in [9.17, 15) is 4.79 Å². The highest BCUT2D eigenvalue weighted by molar-refractivity contribution is 6.00. The molecule has 1 amide bonds. The molecule has 0 N–H and O–H groups in total. The lowest BCUT2D eigenvalue weighted by atomic mass is 9.96. The van der Waals surface area contributed by atoms with Crippen molar-refractivity contribution in [3.05, 3.63) is 24.3 Å². The number of anilines is 1. The zero-order valence-electron chi connectivity index (χ0n) is 14.0. The van der Waals surface area contributed by atoms with Gasteiger partial charge in [-0.05, 0) is 50.4 Å². The molecule has 1 unspecified atom stereocenters. The van der Waals surface area contributed by atoms with Crippen molar-refractivity contribution in [3.63, 3.8) is 0 Å². The van der Waals surface area contributed by atoms with Gasteiger partial charge in [0.1, 0.15) is 5.75 Å². The van der Waals surface area contributed by atoms with Gasteiger partial charge >= 0.3 is 0 Å². The van der Waals surface area contributed by atoms with Crippen LogP contribution in [0.1, 0.15) is 19.3 Å². The summed E-state index contributed by atoms with van der Waals surface area (Å²) in [4.78, 5) is 17.1. The molecule has 3 rings (SSSR count). The second-order valence-electron chi connectivity index (χ2n) is 6.40. The van der Waals surface area contributed by atoms with Crippen LogP contribution in [0.5, 0.6) is 5.75 Å². The Morgan fingerprint density at radius 2 is 1.83 bits per heavy atom. The maximum Gasteiger partial charge on any atom is 0.244 e. The van der Waals surface area contributed by atoms with E-state index in [0.29, 0.717) is 5.92 Å². The molecule has 5 nitrogen and oxygen atoms in total. The zero-order chi connectivity index (χ0) is 16.2. The summed E-state index contributed by atoms with van der Waals surface area (Å²) in [6.45, 7) is 3.58. The Morgan fingerprint density at radius 1 is 1.09 bits per heavy atom. The molecule has 1 aromatic carbocycles. The number of carbonyl (C=O) groups is 1. The number of piperidine rings is 1. The number of likely N-dealkylation sites (tertiary alicyclic amines) is 1. The van der Waals surface area contributed by atoms with E-state index in [0.717, 1.165) is 56.9 Å². The Balaban J connectivity index is 1.65. The summed E-state index contributed by atoms with van der Waals surface area (Å²) < 4.78 is 10.7. The van der Waals surface area contributed by atoms with Gasteiger partial charge in [-0.25, -0.2) is 0 Å². The maximum absolute atomic E-state index is 12.9. The summed E-state index contributed by atoms with van der Waals surface area (Å²) in [6, 6.07) is 7.77. The molecular formula is C18H26N2O3. The van der Waals surface area contributed by atoms with Crippen molar-refractivity contribution in [2.24, 2.45) is 5.92 Å². The van der Waals surface area contributed by atoms with Crippen molar-refractivity contribution in [2.75, 3.05) is 45.4 Å². The normalized spacial score (nSPS) is 23.5. The van der Waals surface area contributed by atoms with E-state index in [2.05, 4.69) is 4.90 Å². The van der Waals surface area contributed by atoms with E-state index in [-0.39, 0.29) is 11.9 Å². The molecule has 0 aliphatic carbocycles. The summed E-state index contributed by atoms with van der Waals surface area (Å²) in [7, 11) is 3.41. The van der Waals surface area contributed by atoms with Crippen LogP contribution in [0.15, 0.2) is 24.3 Å². The van der Waals surface area contributed by atoms with Gasteiger partial charge in [-0.3, -0.25) is 9.69 Å². The Labute approximate surface area is 138 Å². The molecule has 0 spiro atoms. The average Bonchev–Trinajstić information content (AvgIpc) is 2.97. The molecule has 2 fully saturated rings. The van der Waals surface area contributed by atoms with Crippen molar-refractivity contribution in [3.8, 4) is 5.75 Å². The number of ether oxygens (including phenoxy) is 2. The molecule has 126 valence electrons. The van der Waals surface area contributed by atoms with Gasteiger partial charge in [0.15, 0.2) is 0 Å². The number of carbonyl (C=O) groups excluding carboxylic acids is 1. The lowest BCUT2D eigenvalue weighted by Crippen LogP contribution is -2.46. The third-order valence-electron chi connectivity index (χ3n) is 5.05. The predicted molar refractivity (Wildman–Crippen MR) is 89.9 cm³/mol. The fourth-order valence-electron chi connectivity index (χ4n) is 3.76. The molecule has 1 aromatic rings. The van der Waals surface area contributed by atoms with Crippen LogP contribution in [0.3, 0.4) is 0 Å². The molecule has 1 atom stereocenters. The number of nitrogens with zero attached hydrogens (tertiary/aromatic N) is 2. The van der Waals surface area contributed by atoms with Crippen molar-refractivity contribution < 1.29 is 14.3 Å². The molecule has 2 heterocycles. The monoisotopic (exact) mass is 318 g/mol. The van der Waals surface area contributed by atoms with E-state index in [4.69, 9.17) is 9.47 Å². The number of benzene rings is 1. The molecular weight excluding hydrogens is 292 g/mol. The van der Waals surface area contributed by atoms with Gasteiger partial charge in [0.25, 0.3) is 0 Å². The second-order valence-corrected chi connectivity index (χ2v) is 6.40. The summed E-state index contributed by atoms with van der Waals surface area (Å²) in [5.74, 6) is 1.61. The fourth-order valence-corrected chi connectivity index (χ4v) is 3.76. The van der Waals surface area contributed by atoms with E-state index in [1.807, 2.05) is 29.2 Å². The fraction of sp³-hybridized carbons (Fsp3) is 0.611. The van der Waals surface area contributed by atoms with E-state index < -0.39 is 0 Å². The number of hydrogen-bond acceptors (Lipinski definition) is 4. The minimum atomic E-state index is 0.0170. The lowest BCUT2D eigenvalue weighted by Gasteiger charge is -2.34. The second kappa shape index (κ2) is 7.32. The molecule has 2 aliphatic rings. The highest BCUT2D eigenvalue weighted by Crippen LogP contribution is 2.33. The van der Waals surface area contributed by atoms with Gasteiger partial charge in [-0.15, -0.1) is 0 Å². The first-order chi connectivity index (χ1) is 11.2. The highest BCUT2D eigenvalue weighted by Gasteiger charge is 2.38. The summed E-state index contributed by atoms with van der Waals surface area (Å²) >= 11 is 0. The summed E-state index contributed by atoms with van der Waals surface area (Å²) in [5.41, 5.74) is 0.886. The molecule has 5 heteroatoms. The number of para-hydroxylation sites is 2. The Morgan fingerprint density at radius 3 is 2.52 bits per heavy atom. The van der Waals surface area contributed by atoms with Gasteiger partial charge in [0.05, 0.1) is 18.8 Å². The largest absolute Gasteiger partial charge is 0.495 e. The van der Waals surface area contributed by atoms with Gasteiger partial charge in [-0.2, -0.15) is 0 Å². The van der Waals surface area contributed by atoms with Crippen LogP contribution < -0.4 is 9.64 Å². The Hall–Kier alpha value is -1.59. The molecule has 0 radical (unpaired) electrons. The van der Waals surface area contributed by atoms with Crippen LogP contribution in [-0.4, -0.2) is 57.3 Å². The molecule has 2 saturated heterocycles. The van der Waals surface area contributed by atoms with Crippen molar-refractivity contribution >= 4 is 11.6 Å². The van der Waals surface area contributed by atoms with Crippen LogP contribution in [-0.2, 0) is 9.53 Å². The molecule has 0 aromatic heterocycles. The lowest BCUT2D eigenvalue weighted by molar-refractivity contribution is -0.122. The minimum Gasteiger partial charge on any atom is -0.495 e. The van der Waals surface area contributed by atoms with Crippen LogP contribution in [0, 0.1) is 5.92 Å². The van der Waals surface area contributed by atoms with Gasteiger partial charge < -0.3 is 14.4 Å². The maximum atomic E-state index is 12.9. The van der Waals surface area contributed by atoms with Gasteiger partial charge in [0.2, 0.25) is 5.91 Å². The summed E-state index contributed by atoms with van der Waals surface area (Å²) in [5, 5.41) is 0. The SMILES string of the molecule is COCC1CCN(C2CCN(c3ccccc3OC)C2=O)CC1. The van der Waals surface area contributed by atoms with Crippen molar-refractivity contribution in [1.29, 1.82) is 0 Å².